The van der Waals surface area contributed by atoms with Crippen molar-refractivity contribution in [3.8, 4) is 0 Å². The Bertz CT molecular complexity index is 861. The van der Waals surface area contributed by atoms with E-state index in [2.05, 4.69) is 35.9 Å². The second-order valence-electron chi connectivity index (χ2n) is 7.06. The third kappa shape index (κ3) is 3.41. The summed E-state index contributed by atoms with van der Waals surface area (Å²) in [5.74, 6) is 0. The highest BCUT2D eigenvalue weighted by Gasteiger charge is 2.29. The average molecular weight is 454 g/mol. The second kappa shape index (κ2) is 7.20. The second-order valence-corrected chi connectivity index (χ2v) is 8.42. The summed E-state index contributed by atoms with van der Waals surface area (Å²) < 4.78 is 3.81. The standard InChI is InChI=1S/C18H23IN4O2/c19-22-11-7-13(8-12-22)21-9-5-14(6-10-21)23-17(24)15-3-1-2-4-16(15)20-18(23)25/h1-4,13-14H,5-12H2,(H,20,25). The van der Waals surface area contributed by atoms with E-state index in [9.17, 15) is 9.59 Å². The number of hydrogen-bond acceptors (Lipinski definition) is 4. The van der Waals surface area contributed by atoms with E-state index < -0.39 is 0 Å². The predicted octanol–water partition coefficient (Wildman–Crippen LogP) is 2.14. The van der Waals surface area contributed by atoms with Gasteiger partial charge in [-0.15, -0.1) is 0 Å². The van der Waals surface area contributed by atoms with Crippen LogP contribution in [0.5, 0.6) is 0 Å². The Hall–Kier alpha value is -1.19. The molecule has 2 saturated heterocycles. The van der Waals surface area contributed by atoms with Gasteiger partial charge in [0.15, 0.2) is 0 Å². The van der Waals surface area contributed by atoms with Gasteiger partial charge in [0.1, 0.15) is 0 Å². The Labute approximate surface area is 160 Å². The van der Waals surface area contributed by atoms with Gasteiger partial charge in [-0.05, 0) is 37.8 Å². The zero-order chi connectivity index (χ0) is 17.4. The van der Waals surface area contributed by atoms with Gasteiger partial charge in [-0.2, -0.15) is 0 Å². The van der Waals surface area contributed by atoms with Crippen molar-refractivity contribution in [1.82, 2.24) is 17.6 Å². The van der Waals surface area contributed by atoms with Crippen LogP contribution in [0.15, 0.2) is 33.9 Å². The number of nitrogens with zero attached hydrogens (tertiary/aromatic N) is 3. The van der Waals surface area contributed by atoms with Crippen LogP contribution < -0.4 is 11.2 Å². The normalized spacial score (nSPS) is 21.8. The first-order valence-electron chi connectivity index (χ1n) is 9.02. The molecular formula is C18H23IN4O2. The summed E-state index contributed by atoms with van der Waals surface area (Å²) in [7, 11) is 0. The molecule has 2 aliphatic heterocycles. The van der Waals surface area contributed by atoms with Gasteiger partial charge in [0.2, 0.25) is 0 Å². The van der Waals surface area contributed by atoms with Crippen LogP contribution in [0.1, 0.15) is 31.7 Å². The van der Waals surface area contributed by atoms with Crippen molar-refractivity contribution in [2.75, 3.05) is 26.2 Å². The van der Waals surface area contributed by atoms with Crippen LogP contribution in [-0.2, 0) is 0 Å². The van der Waals surface area contributed by atoms with Gasteiger partial charge in [-0.3, -0.25) is 9.36 Å². The molecule has 0 bridgehead atoms. The van der Waals surface area contributed by atoms with Crippen LogP contribution in [-0.4, -0.2) is 49.8 Å². The predicted molar refractivity (Wildman–Crippen MR) is 107 cm³/mol. The maximum Gasteiger partial charge on any atom is 0.329 e. The SMILES string of the molecule is O=c1[nH]c2ccccc2c(=O)n1C1CCN(C2CCN(I)CC2)CC1. The molecule has 0 spiro atoms. The van der Waals surface area contributed by atoms with E-state index >= 15 is 0 Å². The van der Waals surface area contributed by atoms with Gasteiger partial charge in [-0.1, -0.05) is 12.1 Å². The monoisotopic (exact) mass is 454 g/mol. The Balaban J connectivity index is 1.52. The smallest absolute Gasteiger partial charge is 0.307 e. The molecule has 1 aromatic carbocycles. The maximum atomic E-state index is 12.8. The summed E-state index contributed by atoms with van der Waals surface area (Å²) >= 11 is 2.40. The molecular weight excluding hydrogens is 431 g/mol. The highest BCUT2D eigenvalue weighted by Crippen LogP contribution is 2.26. The molecule has 3 heterocycles. The number of aromatic amines is 1. The van der Waals surface area contributed by atoms with Gasteiger partial charge in [0, 0.05) is 61.1 Å². The lowest BCUT2D eigenvalue weighted by molar-refractivity contribution is 0.102. The number of nitrogens with one attached hydrogen (secondary N) is 1. The molecule has 6 nitrogen and oxygen atoms in total. The first-order chi connectivity index (χ1) is 12.1. The lowest BCUT2D eigenvalue weighted by atomic mass is 9.98. The molecule has 2 aromatic rings. The number of para-hydroxylation sites is 1. The van der Waals surface area contributed by atoms with Gasteiger partial charge < -0.3 is 9.88 Å². The van der Waals surface area contributed by atoms with E-state index in [-0.39, 0.29) is 17.3 Å². The number of likely N-dealkylation sites (tertiary alicyclic amines) is 1. The summed E-state index contributed by atoms with van der Waals surface area (Å²) in [6, 6.07) is 7.90. The fourth-order valence-corrected chi connectivity index (χ4v) is 4.77. The van der Waals surface area contributed by atoms with Crippen LogP contribution in [0.4, 0.5) is 0 Å². The van der Waals surface area contributed by atoms with Gasteiger partial charge in [0.05, 0.1) is 10.9 Å². The van der Waals surface area contributed by atoms with Crippen LogP contribution in [0.2, 0.25) is 0 Å². The first-order valence-corrected chi connectivity index (χ1v) is 9.98. The molecule has 0 atom stereocenters. The molecule has 2 fully saturated rings. The van der Waals surface area contributed by atoms with E-state index in [1.165, 1.54) is 17.4 Å². The average Bonchev–Trinajstić information content (AvgIpc) is 2.63. The lowest BCUT2D eigenvalue weighted by Crippen LogP contribution is -2.48. The van der Waals surface area contributed by atoms with Crippen molar-refractivity contribution in [2.45, 2.75) is 37.8 Å². The van der Waals surface area contributed by atoms with E-state index in [4.69, 9.17) is 0 Å². The topological polar surface area (TPSA) is 61.3 Å². The Morgan fingerprint density at radius 3 is 2.28 bits per heavy atom. The van der Waals surface area contributed by atoms with Crippen LogP contribution >= 0.6 is 22.9 Å². The zero-order valence-corrected chi connectivity index (χ0v) is 16.3. The summed E-state index contributed by atoms with van der Waals surface area (Å²) in [5, 5.41) is 0.596. The molecule has 0 radical (unpaired) electrons. The van der Waals surface area contributed by atoms with Crippen molar-refractivity contribution >= 4 is 33.8 Å². The van der Waals surface area contributed by atoms with Gasteiger partial charge >= 0.3 is 5.69 Å². The third-order valence-electron chi connectivity index (χ3n) is 5.63. The van der Waals surface area contributed by atoms with Crippen molar-refractivity contribution in [1.29, 1.82) is 0 Å². The number of hydrogen-bond donors (Lipinski definition) is 1. The number of fused-ring (bicyclic) bond motifs is 1. The minimum absolute atomic E-state index is 0.00164. The molecule has 7 heteroatoms. The minimum Gasteiger partial charge on any atom is -0.307 e. The first kappa shape index (κ1) is 17.2. The summed E-state index contributed by atoms with van der Waals surface area (Å²) in [4.78, 5) is 30.7. The molecule has 4 rings (SSSR count). The maximum absolute atomic E-state index is 12.8. The van der Waals surface area contributed by atoms with E-state index in [0.29, 0.717) is 16.9 Å². The van der Waals surface area contributed by atoms with E-state index in [1.807, 2.05) is 12.1 Å². The fourth-order valence-electron chi connectivity index (χ4n) is 4.22. The van der Waals surface area contributed by atoms with Crippen LogP contribution in [0, 0.1) is 0 Å². The Kier molecular flexibility index (Phi) is 4.97. The zero-order valence-electron chi connectivity index (χ0n) is 14.2. The van der Waals surface area contributed by atoms with Crippen LogP contribution in [0.3, 0.4) is 0 Å². The lowest BCUT2D eigenvalue weighted by Gasteiger charge is -2.40. The number of rotatable bonds is 2. The Morgan fingerprint density at radius 1 is 0.920 bits per heavy atom. The quantitative estimate of drug-likeness (QED) is 0.558. The number of aromatic nitrogens is 2. The molecule has 1 N–H and O–H groups in total. The highest BCUT2D eigenvalue weighted by molar-refractivity contribution is 14.1. The fraction of sp³-hybridized carbons (Fsp3) is 0.556. The third-order valence-corrected chi connectivity index (χ3v) is 6.59. The van der Waals surface area contributed by atoms with Crippen molar-refractivity contribution in [3.63, 3.8) is 0 Å². The van der Waals surface area contributed by atoms with Gasteiger partial charge in [-0.25, -0.2) is 7.91 Å². The molecule has 2 aliphatic rings. The number of piperidine rings is 2. The van der Waals surface area contributed by atoms with Gasteiger partial charge in [0.25, 0.3) is 5.56 Å². The number of benzene rings is 1. The van der Waals surface area contributed by atoms with Crippen LogP contribution in [0.25, 0.3) is 10.9 Å². The molecule has 134 valence electrons. The molecule has 25 heavy (non-hydrogen) atoms. The molecule has 0 amide bonds. The largest absolute Gasteiger partial charge is 0.329 e. The molecule has 0 saturated carbocycles. The van der Waals surface area contributed by atoms with E-state index in [0.717, 1.165) is 39.0 Å². The number of H-pyrrole nitrogens is 1. The highest BCUT2D eigenvalue weighted by atomic mass is 127. The Morgan fingerprint density at radius 2 is 1.56 bits per heavy atom. The summed E-state index contributed by atoms with van der Waals surface area (Å²) in [6.45, 7) is 4.23. The molecule has 0 unspecified atom stereocenters. The minimum atomic E-state index is -0.277. The number of halogens is 1. The van der Waals surface area contributed by atoms with Crippen molar-refractivity contribution in [3.05, 3.63) is 45.1 Å². The summed E-state index contributed by atoms with van der Waals surface area (Å²) in [6.07, 6.45) is 4.16. The van der Waals surface area contributed by atoms with Crippen molar-refractivity contribution < 1.29 is 0 Å². The molecule has 1 aromatic heterocycles. The summed E-state index contributed by atoms with van der Waals surface area (Å²) in [5.41, 5.74) is 0.188. The molecule has 0 aliphatic carbocycles. The van der Waals surface area contributed by atoms with E-state index in [1.54, 1.807) is 12.1 Å². The van der Waals surface area contributed by atoms with Crippen molar-refractivity contribution in [2.24, 2.45) is 0 Å².